The van der Waals surface area contributed by atoms with Crippen LogP contribution in [0.1, 0.15) is 25.7 Å². The average Bonchev–Trinajstić information content (AvgIpc) is 3.36. The first kappa shape index (κ1) is 20.6. The second-order valence-electron chi connectivity index (χ2n) is 8.04. The summed E-state index contributed by atoms with van der Waals surface area (Å²) < 4.78 is 5.19. The van der Waals surface area contributed by atoms with Crippen LogP contribution in [-0.4, -0.2) is 47.4 Å². The minimum Gasteiger partial charge on any atom is -0.454 e. The number of nitrogens with zero attached hydrogens (tertiary/aromatic N) is 2. The first-order chi connectivity index (χ1) is 15.5. The van der Waals surface area contributed by atoms with E-state index in [1.165, 1.54) is 4.90 Å². The van der Waals surface area contributed by atoms with Gasteiger partial charge in [-0.15, -0.1) is 0 Å². The van der Waals surface area contributed by atoms with Crippen molar-refractivity contribution < 1.29 is 23.9 Å². The van der Waals surface area contributed by atoms with E-state index in [0.29, 0.717) is 12.8 Å². The summed E-state index contributed by atoms with van der Waals surface area (Å²) in [6.07, 6.45) is 2.87. The van der Waals surface area contributed by atoms with E-state index in [9.17, 15) is 19.2 Å². The lowest BCUT2D eigenvalue weighted by atomic mass is 9.98. The summed E-state index contributed by atoms with van der Waals surface area (Å²) in [4.78, 5) is 54.7. The zero-order chi connectivity index (χ0) is 22.3. The van der Waals surface area contributed by atoms with Crippen LogP contribution in [0.2, 0.25) is 0 Å². The van der Waals surface area contributed by atoms with Crippen LogP contribution < -0.4 is 10.2 Å². The molecular weight excluding hydrogens is 430 g/mol. The van der Waals surface area contributed by atoms with Crippen LogP contribution in [0, 0.1) is 0 Å². The molecule has 2 fully saturated rings. The molecule has 4 amide bonds. The molecule has 164 valence electrons. The fourth-order valence-corrected chi connectivity index (χ4v) is 5.55. The fourth-order valence-electron chi connectivity index (χ4n) is 4.49. The molecule has 2 aliphatic heterocycles. The van der Waals surface area contributed by atoms with Gasteiger partial charge in [0.2, 0.25) is 0 Å². The van der Waals surface area contributed by atoms with Gasteiger partial charge in [-0.2, -0.15) is 0 Å². The van der Waals surface area contributed by atoms with Crippen molar-refractivity contribution >= 4 is 47.0 Å². The highest BCUT2D eigenvalue weighted by Gasteiger charge is 2.52. The lowest BCUT2D eigenvalue weighted by molar-refractivity contribution is -0.150. The quantitative estimate of drug-likeness (QED) is 0.566. The summed E-state index contributed by atoms with van der Waals surface area (Å²) in [5.41, 5.74) is 0.551. The van der Waals surface area contributed by atoms with Crippen LogP contribution >= 0.6 is 11.8 Å². The summed E-state index contributed by atoms with van der Waals surface area (Å²) >= 11 is 1.57. The Labute approximate surface area is 188 Å². The molecule has 0 aromatic heterocycles. The highest BCUT2D eigenvalue weighted by Crippen LogP contribution is 2.47. The number of hydrogen-bond donors (Lipinski definition) is 1. The Morgan fingerprint density at radius 3 is 2.19 bits per heavy atom. The number of urea groups is 1. The topological polar surface area (TPSA) is 96.0 Å². The number of fused-ring (bicyclic) bond motifs is 2. The molecule has 0 bridgehead atoms. The molecule has 2 aromatic rings. The minimum atomic E-state index is -0.883. The van der Waals surface area contributed by atoms with E-state index in [1.807, 2.05) is 48.5 Å². The van der Waals surface area contributed by atoms with Gasteiger partial charge >= 0.3 is 12.0 Å². The van der Waals surface area contributed by atoms with Crippen molar-refractivity contribution in [1.82, 2.24) is 10.2 Å². The van der Waals surface area contributed by atoms with E-state index in [0.717, 1.165) is 38.9 Å². The number of nitrogens with one attached hydrogen (secondary N) is 1. The van der Waals surface area contributed by atoms with Crippen molar-refractivity contribution in [3.05, 3.63) is 48.5 Å². The van der Waals surface area contributed by atoms with Crippen LogP contribution in [0.25, 0.3) is 0 Å². The number of rotatable bonds is 4. The number of hydrogen-bond acceptors (Lipinski definition) is 6. The Hall–Kier alpha value is -3.33. The molecule has 0 atom stereocenters. The van der Waals surface area contributed by atoms with Gasteiger partial charge in [0.1, 0.15) is 12.1 Å². The number of benzene rings is 2. The fraction of sp³-hybridized carbons (Fsp3) is 0.304. The van der Waals surface area contributed by atoms with Crippen molar-refractivity contribution in [2.45, 2.75) is 41.0 Å². The van der Waals surface area contributed by atoms with Crippen molar-refractivity contribution in [2.24, 2.45) is 0 Å². The van der Waals surface area contributed by atoms with E-state index in [2.05, 4.69) is 5.32 Å². The number of ether oxygens (including phenoxy) is 1. The van der Waals surface area contributed by atoms with Crippen molar-refractivity contribution in [1.29, 1.82) is 0 Å². The molecule has 0 unspecified atom stereocenters. The Morgan fingerprint density at radius 2 is 1.56 bits per heavy atom. The van der Waals surface area contributed by atoms with Crippen molar-refractivity contribution in [2.75, 3.05) is 18.1 Å². The largest absolute Gasteiger partial charge is 0.454 e. The van der Waals surface area contributed by atoms with Gasteiger partial charge in [0, 0.05) is 9.79 Å². The van der Waals surface area contributed by atoms with E-state index >= 15 is 0 Å². The summed E-state index contributed by atoms with van der Waals surface area (Å²) in [5, 5.41) is 2.73. The molecule has 5 rings (SSSR count). The zero-order valence-corrected chi connectivity index (χ0v) is 18.0. The van der Waals surface area contributed by atoms with Gasteiger partial charge in [-0.3, -0.25) is 24.2 Å². The van der Waals surface area contributed by atoms with Crippen LogP contribution in [0.5, 0.6) is 0 Å². The van der Waals surface area contributed by atoms with Gasteiger partial charge < -0.3 is 10.1 Å². The van der Waals surface area contributed by atoms with Gasteiger partial charge in [-0.05, 0) is 37.1 Å². The second kappa shape index (κ2) is 7.98. The lowest BCUT2D eigenvalue weighted by Crippen LogP contribution is -2.44. The molecule has 0 radical (unpaired) electrons. The molecule has 1 spiro atoms. The minimum absolute atomic E-state index is 0.390. The molecule has 2 aromatic carbocycles. The highest BCUT2D eigenvalue weighted by atomic mass is 32.2. The van der Waals surface area contributed by atoms with E-state index in [1.54, 1.807) is 11.8 Å². The number of amides is 4. The van der Waals surface area contributed by atoms with Gasteiger partial charge in [0.15, 0.2) is 6.61 Å². The maximum Gasteiger partial charge on any atom is 0.326 e. The maximum absolute atomic E-state index is 13.1. The Morgan fingerprint density at radius 1 is 0.969 bits per heavy atom. The van der Waals surface area contributed by atoms with Crippen LogP contribution in [0.3, 0.4) is 0 Å². The van der Waals surface area contributed by atoms with E-state index in [-0.39, 0.29) is 5.91 Å². The first-order valence-electron chi connectivity index (χ1n) is 10.5. The van der Waals surface area contributed by atoms with Crippen LogP contribution in [-0.2, 0) is 19.1 Å². The number of carbonyl (C=O) groups is 4. The van der Waals surface area contributed by atoms with E-state index < -0.39 is 36.6 Å². The molecule has 1 N–H and O–H groups in total. The average molecular weight is 452 g/mol. The first-order valence-corrected chi connectivity index (χ1v) is 11.3. The summed E-state index contributed by atoms with van der Waals surface area (Å²) in [6, 6.07) is 14.4. The molecule has 1 saturated carbocycles. The SMILES string of the molecule is O=C(CN1C(=O)NC2(CCCC2)C1=O)OCC(=O)N1c2ccccc2Sc2ccccc21. The summed E-state index contributed by atoms with van der Waals surface area (Å²) in [5.74, 6) is -1.60. The maximum atomic E-state index is 13.1. The van der Waals surface area contributed by atoms with Gasteiger partial charge in [-0.25, -0.2) is 4.79 Å². The Balaban J connectivity index is 1.27. The monoisotopic (exact) mass is 451 g/mol. The second-order valence-corrected chi connectivity index (χ2v) is 9.12. The molecule has 8 nitrogen and oxygen atoms in total. The van der Waals surface area contributed by atoms with Crippen LogP contribution in [0.15, 0.2) is 58.3 Å². The Kier molecular flexibility index (Phi) is 5.13. The van der Waals surface area contributed by atoms with Gasteiger partial charge in [0.05, 0.1) is 11.4 Å². The third kappa shape index (κ3) is 3.42. The standard InChI is InChI=1S/C23H21N3O5S/c27-19(26-15-7-1-3-9-17(15)32-18-10-4-2-8-16(18)26)14-31-20(28)13-25-21(29)23(24-22(25)30)11-5-6-12-23/h1-4,7-10H,5-6,11-14H2,(H,24,30). The number of para-hydroxylation sites is 2. The Bertz CT molecular complexity index is 1080. The number of anilines is 2. The third-order valence-corrected chi connectivity index (χ3v) is 7.16. The zero-order valence-electron chi connectivity index (χ0n) is 17.2. The molecule has 1 saturated heterocycles. The smallest absolute Gasteiger partial charge is 0.326 e. The number of carbonyl (C=O) groups excluding carboxylic acids is 4. The van der Waals surface area contributed by atoms with Gasteiger partial charge in [0.25, 0.3) is 11.8 Å². The van der Waals surface area contributed by atoms with Crippen molar-refractivity contribution in [3.8, 4) is 0 Å². The molecule has 3 aliphatic rings. The number of imide groups is 1. The molecule has 1 aliphatic carbocycles. The molecule has 32 heavy (non-hydrogen) atoms. The predicted molar refractivity (Wildman–Crippen MR) is 117 cm³/mol. The normalized spacial score (nSPS) is 18.4. The molecule has 9 heteroatoms. The predicted octanol–water partition coefficient (Wildman–Crippen LogP) is 3.22. The highest BCUT2D eigenvalue weighted by molar-refractivity contribution is 7.99. The summed E-state index contributed by atoms with van der Waals surface area (Å²) in [7, 11) is 0. The van der Waals surface area contributed by atoms with Crippen molar-refractivity contribution in [3.63, 3.8) is 0 Å². The lowest BCUT2D eigenvalue weighted by Gasteiger charge is -2.30. The number of esters is 1. The molecular formula is C23H21N3O5S. The summed E-state index contributed by atoms with van der Waals surface area (Å²) in [6.45, 7) is -1.01. The molecule has 2 heterocycles. The van der Waals surface area contributed by atoms with E-state index in [4.69, 9.17) is 4.74 Å². The van der Waals surface area contributed by atoms with Crippen LogP contribution in [0.4, 0.5) is 16.2 Å². The van der Waals surface area contributed by atoms with Gasteiger partial charge in [-0.1, -0.05) is 48.9 Å². The third-order valence-electron chi connectivity index (χ3n) is 6.03.